The van der Waals surface area contributed by atoms with Gasteiger partial charge in [-0.05, 0) is 31.7 Å². The summed E-state index contributed by atoms with van der Waals surface area (Å²) in [6.07, 6.45) is -4.35. The highest BCUT2D eigenvalue weighted by atomic mass is 35.5. The molecule has 2 rings (SSSR count). The molecule has 0 aliphatic heterocycles. The molecule has 5 nitrogen and oxygen atoms in total. The van der Waals surface area contributed by atoms with Gasteiger partial charge in [-0.15, -0.1) is 0 Å². The molecule has 1 heterocycles. The molecule has 0 unspecified atom stereocenters. The van der Waals surface area contributed by atoms with E-state index in [1.807, 2.05) is 4.90 Å². The zero-order chi connectivity index (χ0) is 18.8. The van der Waals surface area contributed by atoms with Crippen LogP contribution in [0.15, 0.2) is 24.3 Å². The minimum atomic E-state index is -4.35. The molecule has 0 fully saturated rings. The van der Waals surface area contributed by atoms with Gasteiger partial charge in [-0.1, -0.05) is 23.7 Å². The van der Waals surface area contributed by atoms with E-state index in [4.69, 9.17) is 11.6 Å². The zero-order valence-electron chi connectivity index (χ0n) is 13.9. The third-order valence-corrected chi connectivity index (χ3v) is 4.07. The number of methoxy groups -OCH3 is 1. The van der Waals surface area contributed by atoms with Crippen molar-refractivity contribution in [2.75, 3.05) is 14.2 Å². The van der Waals surface area contributed by atoms with Gasteiger partial charge >= 0.3 is 12.1 Å². The van der Waals surface area contributed by atoms with Gasteiger partial charge in [-0.3, -0.25) is 9.58 Å². The molecular formula is C16H17ClF3N3O2. The Hall–Kier alpha value is -2.06. The molecule has 0 amide bonds. The second-order valence-corrected chi connectivity index (χ2v) is 5.97. The standard InChI is InChI=1S/C16H17ClF3N3O2/c1-10-13(17)14(15(24)25-3)21-23(10)9-22(2)8-11-4-6-12(7-5-11)16(18,19)20/h4-7H,8-9H2,1-3H3. The van der Waals surface area contributed by atoms with Crippen LogP contribution >= 0.6 is 11.6 Å². The Bertz CT molecular complexity index is 757. The Labute approximate surface area is 147 Å². The van der Waals surface area contributed by atoms with Gasteiger partial charge in [-0.25, -0.2) is 4.79 Å². The summed E-state index contributed by atoms with van der Waals surface area (Å²) >= 11 is 6.08. The van der Waals surface area contributed by atoms with E-state index in [1.165, 1.54) is 19.2 Å². The lowest BCUT2D eigenvalue weighted by Crippen LogP contribution is -2.23. The van der Waals surface area contributed by atoms with Gasteiger partial charge in [0.2, 0.25) is 0 Å². The molecule has 25 heavy (non-hydrogen) atoms. The molecule has 0 bridgehead atoms. The van der Waals surface area contributed by atoms with Gasteiger partial charge in [0.25, 0.3) is 0 Å². The zero-order valence-corrected chi connectivity index (χ0v) is 14.6. The summed E-state index contributed by atoms with van der Waals surface area (Å²) in [7, 11) is 3.02. The lowest BCUT2D eigenvalue weighted by atomic mass is 10.1. The molecule has 0 spiro atoms. The van der Waals surface area contributed by atoms with E-state index < -0.39 is 17.7 Å². The second kappa shape index (κ2) is 7.45. The predicted molar refractivity (Wildman–Crippen MR) is 86.2 cm³/mol. The Morgan fingerprint density at radius 1 is 1.32 bits per heavy atom. The van der Waals surface area contributed by atoms with Gasteiger partial charge < -0.3 is 4.74 Å². The van der Waals surface area contributed by atoms with Gasteiger partial charge in [0, 0.05) is 6.54 Å². The molecule has 2 aromatic rings. The van der Waals surface area contributed by atoms with Crippen LogP contribution in [0.3, 0.4) is 0 Å². The molecule has 9 heteroatoms. The molecule has 1 aromatic heterocycles. The van der Waals surface area contributed by atoms with Crippen molar-refractivity contribution in [1.82, 2.24) is 14.7 Å². The van der Waals surface area contributed by atoms with Crippen molar-refractivity contribution < 1.29 is 22.7 Å². The summed E-state index contributed by atoms with van der Waals surface area (Å²) in [5.74, 6) is -0.628. The predicted octanol–water partition coefficient (Wildman–Crippen LogP) is 3.74. The maximum absolute atomic E-state index is 12.6. The van der Waals surface area contributed by atoms with Gasteiger partial charge in [0.15, 0.2) is 5.69 Å². The molecule has 0 atom stereocenters. The van der Waals surface area contributed by atoms with Crippen molar-refractivity contribution >= 4 is 17.6 Å². The number of carbonyl (C=O) groups is 1. The summed E-state index contributed by atoms with van der Waals surface area (Å²) in [4.78, 5) is 13.4. The number of ether oxygens (including phenoxy) is 1. The fraction of sp³-hybridized carbons (Fsp3) is 0.375. The summed E-state index contributed by atoms with van der Waals surface area (Å²) in [5, 5.41) is 4.35. The van der Waals surface area contributed by atoms with E-state index >= 15 is 0 Å². The van der Waals surface area contributed by atoms with E-state index in [0.29, 0.717) is 18.9 Å². The molecule has 0 saturated heterocycles. The first-order chi connectivity index (χ1) is 11.6. The molecule has 1 aromatic carbocycles. The number of hydrogen-bond acceptors (Lipinski definition) is 4. The van der Waals surface area contributed by atoms with Gasteiger partial charge in [-0.2, -0.15) is 18.3 Å². The number of carbonyl (C=O) groups excluding carboxylic acids is 1. The number of rotatable bonds is 5. The Morgan fingerprint density at radius 2 is 1.92 bits per heavy atom. The first-order valence-corrected chi connectivity index (χ1v) is 7.67. The number of nitrogens with zero attached hydrogens (tertiary/aromatic N) is 3. The summed E-state index contributed by atoms with van der Waals surface area (Å²) in [5.41, 5.74) is 0.668. The van der Waals surface area contributed by atoms with Crippen molar-refractivity contribution in [3.8, 4) is 0 Å². The van der Waals surface area contributed by atoms with Crippen LogP contribution in [0.5, 0.6) is 0 Å². The number of alkyl halides is 3. The van der Waals surface area contributed by atoms with Gasteiger partial charge in [0.05, 0.1) is 30.1 Å². The highest BCUT2D eigenvalue weighted by Gasteiger charge is 2.30. The molecule has 136 valence electrons. The molecule has 0 N–H and O–H groups in total. The second-order valence-electron chi connectivity index (χ2n) is 5.59. The van der Waals surface area contributed by atoms with Crippen molar-refractivity contribution in [2.45, 2.75) is 26.3 Å². The molecule has 0 aliphatic carbocycles. The van der Waals surface area contributed by atoms with Crippen LogP contribution in [0.2, 0.25) is 5.02 Å². The average Bonchev–Trinajstić information content (AvgIpc) is 2.82. The smallest absolute Gasteiger partial charge is 0.416 e. The van der Waals surface area contributed by atoms with Gasteiger partial charge in [0.1, 0.15) is 0 Å². The number of aromatic nitrogens is 2. The van der Waals surface area contributed by atoms with Crippen LogP contribution < -0.4 is 0 Å². The highest BCUT2D eigenvalue weighted by Crippen LogP contribution is 2.29. The van der Waals surface area contributed by atoms with Crippen LogP contribution in [-0.4, -0.2) is 34.8 Å². The van der Waals surface area contributed by atoms with E-state index in [9.17, 15) is 18.0 Å². The van der Waals surface area contributed by atoms with Crippen LogP contribution in [0.1, 0.15) is 27.3 Å². The summed E-state index contributed by atoms with van der Waals surface area (Å²) < 4.78 is 43.9. The topological polar surface area (TPSA) is 47.4 Å². The van der Waals surface area contributed by atoms with Crippen LogP contribution in [0.4, 0.5) is 13.2 Å². The summed E-state index contributed by atoms with van der Waals surface area (Å²) in [6.45, 7) is 2.43. The van der Waals surface area contributed by atoms with E-state index in [2.05, 4.69) is 9.84 Å². The minimum Gasteiger partial charge on any atom is -0.464 e. The number of benzene rings is 1. The van der Waals surface area contributed by atoms with Crippen LogP contribution in [0.25, 0.3) is 0 Å². The molecule has 0 aliphatic rings. The lowest BCUT2D eigenvalue weighted by Gasteiger charge is -2.18. The fourth-order valence-corrected chi connectivity index (χ4v) is 2.49. The normalized spacial score (nSPS) is 11.8. The van der Waals surface area contributed by atoms with Crippen molar-refractivity contribution in [2.24, 2.45) is 0 Å². The lowest BCUT2D eigenvalue weighted by molar-refractivity contribution is -0.137. The van der Waals surface area contributed by atoms with Crippen LogP contribution in [0, 0.1) is 6.92 Å². The Balaban J connectivity index is 2.08. The maximum Gasteiger partial charge on any atom is 0.416 e. The van der Waals surface area contributed by atoms with E-state index in [-0.39, 0.29) is 10.7 Å². The monoisotopic (exact) mass is 375 g/mol. The highest BCUT2D eigenvalue weighted by molar-refractivity contribution is 6.33. The quantitative estimate of drug-likeness (QED) is 0.747. The minimum absolute atomic E-state index is 0.0320. The van der Waals surface area contributed by atoms with E-state index in [0.717, 1.165) is 17.7 Å². The molecular weight excluding hydrogens is 359 g/mol. The molecule has 0 saturated carbocycles. The number of esters is 1. The number of hydrogen-bond donors (Lipinski definition) is 0. The van der Waals surface area contributed by atoms with E-state index in [1.54, 1.807) is 18.7 Å². The maximum atomic E-state index is 12.6. The third-order valence-electron chi connectivity index (χ3n) is 3.62. The molecule has 0 radical (unpaired) electrons. The van der Waals surface area contributed by atoms with Crippen molar-refractivity contribution in [3.05, 3.63) is 51.8 Å². The Kier molecular flexibility index (Phi) is 5.74. The van der Waals surface area contributed by atoms with Crippen molar-refractivity contribution in [1.29, 1.82) is 0 Å². The SMILES string of the molecule is COC(=O)c1nn(CN(C)Cc2ccc(C(F)(F)F)cc2)c(C)c1Cl. The number of halogens is 4. The first-order valence-electron chi connectivity index (χ1n) is 7.29. The third kappa shape index (κ3) is 4.52. The van der Waals surface area contributed by atoms with Crippen LogP contribution in [-0.2, 0) is 24.1 Å². The Morgan fingerprint density at radius 3 is 2.44 bits per heavy atom. The summed E-state index contributed by atoms with van der Waals surface area (Å²) in [6, 6.07) is 4.97. The average molecular weight is 376 g/mol. The first kappa shape index (κ1) is 19.3. The largest absolute Gasteiger partial charge is 0.464 e. The van der Waals surface area contributed by atoms with Crippen molar-refractivity contribution in [3.63, 3.8) is 0 Å². The fourth-order valence-electron chi connectivity index (χ4n) is 2.28.